The average Bonchev–Trinajstić information content (AvgIpc) is 2.38. The topological polar surface area (TPSA) is 46.5 Å². The molecule has 1 saturated heterocycles. The summed E-state index contributed by atoms with van der Waals surface area (Å²) in [5.41, 5.74) is 0.829. The molecule has 2 atom stereocenters. The van der Waals surface area contributed by atoms with Crippen molar-refractivity contribution in [2.45, 2.75) is 18.9 Å². The van der Waals surface area contributed by atoms with Gasteiger partial charge in [0.05, 0.1) is 12.5 Å². The Hall–Kier alpha value is -1.79. The maximum Gasteiger partial charge on any atom is 0.312 e. The number of rotatable bonds is 1. The van der Waals surface area contributed by atoms with Gasteiger partial charge in [-0.2, -0.15) is 0 Å². The van der Waals surface area contributed by atoms with Crippen molar-refractivity contribution in [3.63, 3.8) is 0 Å². The summed E-state index contributed by atoms with van der Waals surface area (Å²) in [6.07, 6.45) is 0.493. The molecule has 1 fully saturated rings. The lowest BCUT2D eigenvalue weighted by atomic mass is 9.95. The molecule has 1 aliphatic rings. The molecule has 0 saturated carbocycles. The lowest BCUT2D eigenvalue weighted by Crippen LogP contribution is -2.32. The van der Waals surface area contributed by atoms with Gasteiger partial charge in [0, 0.05) is 5.56 Å². The number of hydrogen-bond acceptors (Lipinski definition) is 3. The van der Waals surface area contributed by atoms with E-state index >= 15 is 0 Å². The molecule has 1 heterocycles. The van der Waals surface area contributed by atoms with Crippen LogP contribution in [0, 0.1) is 17.8 Å². The Morgan fingerprint density at radius 3 is 2.82 bits per heavy atom. The summed E-state index contributed by atoms with van der Waals surface area (Å²) < 4.78 is 4.90. The van der Waals surface area contributed by atoms with E-state index in [9.17, 15) is 9.90 Å². The van der Waals surface area contributed by atoms with Gasteiger partial charge in [0.2, 0.25) is 0 Å². The van der Waals surface area contributed by atoms with E-state index in [1.807, 2.05) is 30.3 Å². The predicted octanol–water partition coefficient (Wildman–Crippen LogP) is 1.35. The smallest absolute Gasteiger partial charge is 0.312 e. The summed E-state index contributed by atoms with van der Waals surface area (Å²) >= 11 is 0. The number of carbonyl (C=O) groups excluding carboxylic acids is 1. The van der Waals surface area contributed by atoms with Crippen LogP contribution in [0.15, 0.2) is 30.3 Å². The van der Waals surface area contributed by atoms with Crippen LogP contribution < -0.4 is 0 Å². The van der Waals surface area contributed by atoms with Crippen LogP contribution in [0.5, 0.6) is 0 Å². The van der Waals surface area contributed by atoms with E-state index in [4.69, 9.17) is 4.74 Å². The summed E-state index contributed by atoms with van der Waals surface area (Å²) in [5.74, 6) is 4.72. The number of hydrogen-bond donors (Lipinski definition) is 1. The molecule has 1 aromatic rings. The molecular weight excluding hydrogens is 216 g/mol. The van der Waals surface area contributed by atoms with E-state index in [0.29, 0.717) is 13.0 Å². The fourth-order valence-corrected chi connectivity index (χ4v) is 1.77. The van der Waals surface area contributed by atoms with Crippen LogP contribution in [0.1, 0.15) is 18.4 Å². The fraction of sp³-hybridized carbons (Fsp3) is 0.357. The van der Waals surface area contributed by atoms with Crippen molar-refractivity contribution < 1.29 is 14.6 Å². The van der Waals surface area contributed by atoms with E-state index in [1.54, 1.807) is 0 Å². The Morgan fingerprint density at radius 1 is 1.35 bits per heavy atom. The van der Waals surface area contributed by atoms with Crippen LogP contribution in [0.25, 0.3) is 0 Å². The predicted molar refractivity (Wildman–Crippen MR) is 63.0 cm³/mol. The molecule has 1 aliphatic heterocycles. The lowest BCUT2D eigenvalue weighted by molar-refractivity contribution is -0.156. The minimum atomic E-state index is -0.942. The van der Waals surface area contributed by atoms with E-state index in [2.05, 4.69) is 11.8 Å². The van der Waals surface area contributed by atoms with Crippen molar-refractivity contribution in [1.82, 2.24) is 0 Å². The SMILES string of the molecule is O=C1OCCC[C@@H]1[C@H](O)C#Cc1ccccc1. The zero-order valence-electron chi connectivity index (χ0n) is 9.43. The van der Waals surface area contributed by atoms with Crippen LogP contribution in [-0.4, -0.2) is 23.8 Å². The number of cyclic esters (lactones) is 1. The van der Waals surface area contributed by atoms with Crippen molar-refractivity contribution in [3.8, 4) is 11.8 Å². The molecule has 3 heteroatoms. The Balaban J connectivity index is 2.04. The highest BCUT2D eigenvalue weighted by Crippen LogP contribution is 2.18. The van der Waals surface area contributed by atoms with Gasteiger partial charge in [-0.3, -0.25) is 4.79 Å². The third kappa shape index (κ3) is 3.08. The van der Waals surface area contributed by atoms with Crippen molar-refractivity contribution in [1.29, 1.82) is 0 Å². The number of benzene rings is 1. The van der Waals surface area contributed by atoms with Crippen molar-refractivity contribution in [2.75, 3.05) is 6.61 Å². The minimum absolute atomic E-state index is 0.342. The lowest BCUT2D eigenvalue weighted by Gasteiger charge is -2.22. The zero-order chi connectivity index (χ0) is 12.1. The number of carbonyl (C=O) groups is 1. The molecule has 1 aromatic carbocycles. The van der Waals surface area contributed by atoms with Gasteiger partial charge in [0.15, 0.2) is 0 Å². The van der Waals surface area contributed by atoms with E-state index in [1.165, 1.54) is 0 Å². The van der Waals surface area contributed by atoms with Gasteiger partial charge in [-0.1, -0.05) is 30.0 Å². The number of esters is 1. The summed E-state index contributed by atoms with van der Waals surface area (Å²) in [6, 6.07) is 9.38. The molecule has 0 aliphatic carbocycles. The third-order valence-electron chi connectivity index (χ3n) is 2.73. The Bertz CT molecular complexity index is 442. The molecule has 0 aromatic heterocycles. The van der Waals surface area contributed by atoms with Crippen molar-refractivity contribution in [3.05, 3.63) is 35.9 Å². The molecule has 17 heavy (non-hydrogen) atoms. The van der Waals surface area contributed by atoms with Crippen molar-refractivity contribution in [2.24, 2.45) is 5.92 Å². The van der Waals surface area contributed by atoms with Gasteiger partial charge in [-0.25, -0.2) is 0 Å². The Labute approximate surface area is 100 Å². The van der Waals surface area contributed by atoms with E-state index < -0.39 is 12.0 Å². The number of aliphatic hydroxyl groups is 1. The van der Waals surface area contributed by atoms with Crippen LogP contribution in [-0.2, 0) is 9.53 Å². The maximum atomic E-state index is 11.4. The summed E-state index contributed by atoms with van der Waals surface area (Å²) in [5, 5.41) is 9.83. The second-order valence-corrected chi connectivity index (χ2v) is 4.00. The van der Waals surface area contributed by atoms with E-state index in [-0.39, 0.29) is 5.97 Å². The highest BCUT2D eigenvalue weighted by molar-refractivity contribution is 5.74. The van der Waals surface area contributed by atoms with E-state index in [0.717, 1.165) is 12.0 Å². The van der Waals surface area contributed by atoms with Crippen molar-refractivity contribution >= 4 is 5.97 Å². The van der Waals surface area contributed by atoms with Gasteiger partial charge in [-0.15, -0.1) is 0 Å². The molecule has 0 spiro atoms. The number of aliphatic hydroxyl groups excluding tert-OH is 1. The minimum Gasteiger partial charge on any atom is -0.465 e. The Kier molecular flexibility index (Phi) is 3.79. The van der Waals surface area contributed by atoms with Gasteiger partial charge in [-0.05, 0) is 25.0 Å². The summed E-state index contributed by atoms with van der Waals surface area (Å²) in [7, 11) is 0. The molecular formula is C14H14O3. The van der Waals surface area contributed by atoms with Crippen LogP contribution in [0.4, 0.5) is 0 Å². The molecule has 1 N–H and O–H groups in total. The molecule has 0 amide bonds. The second kappa shape index (κ2) is 5.51. The van der Waals surface area contributed by atoms with Crippen LogP contribution in [0.3, 0.4) is 0 Å². The normalized spacial score (nSPS) is 21.0. The molecule has 0 bridgehead atoms. The van der Waals surface area contributed by atoms with Gasteiger partial charge in [0.1, 0.15) is 6.10 Å². The second-order valence-electron chi connectivity index (χ2n) is 4.00. The zero-order valence-corrected chi connectivity index (χ0v) is 9.43. The highest BCUT2D eigenvalue weighted by atomic mass is 16.5. The molecule has 0 unspecified atom stereocenters. The standard InChI is InChI=1S/C14H14O3/c15-13(12-7-4-10-17-14(12)16)9-8-11-5-2-1-3-6-11/h1-3,5-6,12-13,15H,4,7,10H2/t12-,13-/m1/s1. The third-order valence-corrected chi connectivity index (χ3v) is 2.73. The first-order chi connectivity index (χ1) is 8.27. The van der Waals surface area contributed by atoms with Gasteiger partial charge >= 0.3 is 5.97 Å². The maximum absolute atomic E-state index is 11.4. The monoisotopic (exact) mass is 230 g/mol. The number of ether oxygens (including phenoxy) is 1. The van der Waals surface area contributed by atoms with Gasteiger partial charge in [0.25, 0.3) is 0 Å². The Morgan fingerprint density at radius 2 is 2.12 bits per heavy atom. The fourth-order valence-electron chi connectivity index (χ4n) is 1.77. The first-order valence-corrected chi connectivity index (χ1v) is 5.68. The van der Waals surface area contributed by atoms with Crippen LogP contribution >= 0.6 is 0 Å². The van der Waals surface area contributed by atoms with Crippen LogP contribution in [0.2, 0.25) is 0 Å². The quantitative estimate of drug-likeness (QED) is 0.585. The summed E-state index contributed by atoms with van der Waals surface area (Å²) in [6.45, 7) is 0.453. The highest BCUT2D eigenvalue weighted by Gasteiger charge is 2.29. The average molecular weight is 230 g/mol. The van der Waals surface area contributed by atoms with Gasteiger partial charge < -0.3 is 9.84 Å². The largest absolute Gasteiger partial charge is 0.465 e. The molecule has 2 rings (SSSR count). The first-order valence-electron chi connectivity index (χ1n) is 5.68. The summed E-state index contributed by atoms with van der Waals surface area (Å²) in [4.78, 5) is 11.4. The molecule has 3 nitrogen and oxygen atoms in total. The molecule has 88 valence electrons. The molecule has 0 radical (unpaired) electrons. The first kappa shape index (κ1) is 11.7.